The summed E-state index contributed by atoms with van der Waals surface area (Å²) in [4.78, 5) is 13.8. The first-order chi connectivity index (χ1) is 11.6. The van der Waals surface area contributed by atoms with Crippen LogP contribution < -0.4 is 5.32 Å². The lowest BCUT2D eigenvalue weighted by atomic mass is 10.2. The summed E-state index contributed by atoms with van der Waals surface area (Å²) in [5, 5.41) is 3.30. The van der Waals surface area contributed by atoms with Gasteiger partial charge in [-0.2, -0.15) is 0 Å². The van der Waals surface area contributed by atoms with Gasteiger partial charge in [-0.05, 0) is 62.5 Å². The Morgan fingerprint density at radius 3 is 2.75 bits per heavy atom. The molecule has 5 heteroatoms. The molecule has 3 aromatic rings. The Labute approximate surface area is 147 Å². The quantitative estimate of drug-likeness (QED) is 0.714. The van der Waals surface area contributed by atoms with Crippen molar-refractivity contribution >= 4 is 23.0 Å². The van der Waals surface area contributed by atoms with E-state index < -0.39 is 0 Å². The molecule has 24 heavy (non-hydrogen) atoms. The molecule has 0 aliphatic rings. The maximum Gasteiger partial charge on any atom is 0.132 e. The lowest BCUT2D eigenvalue weighted by molar-refractivity contribution is 0.406. The molecule has 0 radical (unpaired) electrons. The molecule has 3 aromatic heterocycles. The molecule has 3 rings (SSSR count). The second kappa shape index (κ2) is 7.55. The van der Waals surface area contributed by atoms with E-state index in [1.54, 1.807) is 11.3 Å². The van der Waals surface area contributed by atoms with Crippen molar-refractivity contribution in [3.8, 4) is 10.6 Å². The summed E-state index contributed by atoms with van der Waals surface area (Å²) in [6.07, 6.45) is 2.83. The molecule has 0 saturated carbocycles. The van der Waals surface area contributed by atoms with E-state index in [2.05, 4.69) is 54.4 Å². The number of thiophene rings is 1. The van der Waals surface area contributed by atoms with Crippen LogP contribution in [0, 0.1) is 0 Å². The first-order valence-corrected chi connectivity index (χ1v) is 8.88. The number of hydrogen-bond donors (Lipinski definition) is 1. The predicted octanol–water partition coefficient (Wildman–Crippen LogP) is 4.57. The molecular weight excluding hydrogens is 316 g/mol. The van der Waals surface area contributed by atoms with Crippen molar-refractivity contribution in [1.82, 2.24) is 14.9 Å². The van der Waals surface area contributed by atoms with E-state index >= 15 is 0 Å². The van der Waals surface area contributed by atoms with Gasteiger partial charge in [0.2, 0.25) is 0 Å². The van der Waals surface area contributed by atoms with Crippen LogP contribution in [0.2, 0.25) is 0 Å². The van der Waals surface area contributed by atoms with Crippen LogP contribution in [0.3, 0.4) is 0 Å². The standard InChI is InChI=1S/C19H22N4S/c1-4-14-10-11-20-19(12-14)22-18-7-5-6-16(21-18)17-9-8-15(24-17)13-23(2)3/h5-12H,4,13H2,1-3H3,(H,20,21,22). The Kier molecular flexibility index (Phi) is 5.23. The second-order valence-corrected chi connectivity index (χ2v) is 7.11. The van der Waals surface area contributed by atoms with Gasteiger partial charge in [-0.3, -0.25) is 0 Å². The topological polar surface area (TPSA) is 41.1 Å². The van der Waals surface area contributed by atoms with Gasteiger partial charge in [-0.1, -0.05) is 13.0 Å². The molecule has 0 spiro atoms. The summed E-state index contributed by atoms with van der Waals surface area (Å²) in [6, 6.07) is 14.5. The Bertz CT molecular complexity index is 810. The molecule has 0 atom stereocenters. The minimum absolute atomic E-state index is 0.816. The van der Waals surface area contributed by atoms with E-state index in [0.29, 0.717) is 0 Å². The highest BCUT2D eigenvalue weighted by Gasteiger charge is 2.07. The lowest BCUT2D eigenvalue weighted by Gasteiger charge is -2.07. The fourth-order valence-corrected chi connectivity index (χ4v) is 3.54. The zero-order chi connectivity index (χ0) is 16.9. The maximum absolute atomic E-state index is 4.73. The molecule has 4 nitrogen and oxygen atoms in total. The molecule has 0 amide bonds. The van der Waals surface area contributed by atoms with E-state index in [4.69, 9.17) is 4.98 Å². The van der Waals surface area contributed by atoms with Crippen LogP contribution in [0.15, 0.2) is 48.7 Å². The summed E-state index contributed by atoms with van der Waals surface area (Å²) in [5.41, 5.74) is 2.25. The third-order valence-electron chi connectivity index (χ3n) is 3.62. The van der Waals surface area contributed by atoms with Gasteiger partial charge < -0.3 is 10.2 Å². The Morgan fingerprint density at radius 2 is 1.96 bits per heavy atom. The van der Waals surface area contributed by atoms with E-state index in [-0.39, 0.29) is 0 Å². The fourth-order valence-electron chi connectivity index (χ4n) is 2.45. The molecule has 0 aliphatic carbocycles. The molecule has 0 unspecified atom stereocenters. The van der Waals surface area contributed by atoms with Crippen molar-refractivity contribution in [1.29, 1.82) is 0 Å². The number of anilines is 2. The molecule has 0 bridgehead atoms. The zero-order valence-corrected chi connectivity index (χ0v) is 15.1. The smallest absolute Gasteiger partial charge is 0.132 e. The number of hydrogen-bond acceptors (Lipinski definition) is 5. The zero-order valence-electron chi connectivity index (χ0n) is 14.3. The molecule has 0 aliphatic heterocycles. The van der Waals surface area contributed by atoms with Gasteiger partial charge in [0.15, 0.2) is 0 Å². The number of aryl methyl sites for hydroxylation is 1. The van der Waals surface area contributed by atoms with Crippen molar-refractivity contribution in [2.24, 2.45) is 0 Å². The minimum atomic E-state index is 0.816. The summed E-state index contributed by atoms with van der Waals surface area (Å²) >= 11 is 1.79. The van der Waals surface area contributed by atoms with Crippen LogP contribution >= 0.6 is 11.3 Å². The predicted molar refractivity (Wildman–Crippen MR) is 102 cm³/mol. The number of nitrogens with zero attached hydrogens (tertiary/aromatic N) is 3. The third-order valence-corrected chi connectivity index (χ3v) is 4.72. The molecule has 1 N–H and O–H groups in total. The van der Waals surface area contributed by atoms with E-state index in [9.17, 15) is 0 Å². The van der Waals surface area contributed by atoms with Crippen molar-refractivity contribution < 1.29 is 0 Å². The molecule has 0 aromatic carbocycles. The maximum atomic E-state index is 4.73. The van der Waals surface area contributed by atoms with Crippen LogP contribution in [0.1, 0.15) is 17.4 Å². The highest BCUT2D eigenvalue weighted by Crippen LogP contribution is 2.28. The van der Waals surface area contributed by atoms with Crippen LogP contribution in [-0.4, -0.2) is 29.0 Å². The summed E-state index contributed by atoms with van der Waals surface area (Å²) < 4.78 is 0. The Balaban J connectivity index is 1.79. The van der Waals surface area contributed by atoms with Crippen LogP contribution in [-0.2, 0) is 13.0 Å². The number of pyridine rings is 2. The van der Waals surface area contributed by atoms with Gasteiger partial charge in [-0.15, -0.1) is 11.3 Å². The van der Waals surface area contributed by atoms with E-state index in [1.165, 1.54) is 15.3 Å². The molecule has 3 heterocycles. The lowest BCUT2D eigenvalue weighted by Crippen LogP contribution is -2.09. The summed E-state index contributed by atoms with van der Waals surface area (Å²) in [6.45, 7) is 3.09. The first kappa shape index (κ1) is 16.6. The molecule has 0 fully saturated rings. The Hall–Kier alpha value is -2.24. The van der Waals surface area contributed by atoms with E-state index in [0.717, 1.165) is 30.3 Å². The first-order valence-electron chi connectivity index (χ1n) is 8.07. The van der Waals surface area contributed by atoms with E-state index in [1.807, 2.05) is 30.5 Å². The number of nitrogens with one attached hydrogen (secondary N) is 1. The van der Waals surface area contributed by atoms with Crippen LogP contribution in [0.4, 0.5) is 11.6 Å². The Morgan fingerprint density at radius 1 is 1.08 bits per heavy atom. The average molecular weight is 338 g/mol. The largest absolute Gasteiger partial charge is 0.325 e. The summed E-state index contributed by atoms with van der Waals surface area (Å²) in [5.74, 6) is 1.65. The van der Waals surface area contributed by atoms with Crippen molar-refractivity contribution in [3.05, 3.63) is 59.1 Å². The monoisotopic (exact) mass is 338 g/mol. The SMILES string of the molecule is CCc1ccnc(Nc2cccc(-c3ccc(CN(C)C)s3)n2)c1. The molecule has 124 valence electrons. The average Bonchev–Trinajstić information content (AvgIpc) is 3.03. The highest BCUT2D eigenvalue weighted by atomic mass is 32.1. The number of rotatable bonds is 6. The van der Waals surface area contributed by atoms with Gasteiger partial charge in [0, 0.05) is 17.6 Å². The van der Waals surface area contributed by atoms with Crippen LogP contribution in [0.5, 0.6) is 0 Å². The molecule has 0 saturated heterocycles. The molecular formula is C19H22N4S. The van der Waals surface area contributed by atoms with Crippen molar-refractivity contribution in [2.75, 3.05) is 19.4 Å². The van der Waals surface area contributed by atoms with Gasteiger partial charge in [0.1, 0.15) is 11.6 Å². The van der Waals surface area contributed by atoms with Crippen molar-refractivity contribution in [3.63, 3.8) is 0 Å². The third kappa shape index (κ3) is 4.19. The second-order valence-electron chi connectivity index (χ2n) is 5.94. The fraction of sp³-hybridized carbons (Fsp3) is 0.263. The minimum Gasteiger partial charge on any atom is -0.325 e. The normalized spacial score (nSPS) is 11.0. The van der Waals surface area contributed by atoms with Crippen molar-refractivity contribution in [2.45, 2.75) is 19.9 Å². The number of aromatic nitrogens is 2. The van der Waals surface area contributed by atoms with Gasteiger partial charge in [0.25, 0.3) is 0 Å². The van der Waals surface area contributed by atoms with Gasteiger partial charge >= 0.3 is 0 Å². The van der Waals surface area contributed by atoms with Gasteiger partial charge in [0.05, 0.1) is 10.6 Å². The van der Waals surface area contributed by atoms with Gasteiger partial charge in [-0.25, -0.2) is 9.97 Å². The highest BCUT2D eigenvalue weighted by molar-refractivity contribution is 7.15. The van der Waals surface area contributed by atoms with Crippen LogP contribution in [0.25, 0.3) is 10.6 Å². The summed E-state index contributed by atoms with van der Waals surface area (Å²) in [7, 11) is 4.17.